The molecule has 108 valence electrons. The molecule has 2 saturated heterocycles. The second-order valence-corrected chi connectivity index (χ2v) is 5.55. The van der Waals surface area contributed by atoms with E-state index in [2.05, 4.69) is 22.9 Å². The third-order valence-electron chi connectivity index (χ3n) is 4.36. The summed E-state index contributed by atoms with van der Waals surface area (Å²) in [6, 6.07) is 3.43. The molecule has 0 radical (unpaired) electrons. The first-order chi connectivity index (χ1) is 9.49. The van der Waals surface area contributed by atoms with Gasteiger partial charge in [-0.1, -0.05) is 11.6 Å². The van der Waals surface area contributed by atoms with Crippen LogP contribution in [0.15, 0.2) is 30.0 Å². The maximum absolute atomic E-state index is 12.6. The molecule has 2 fully saturated rings. The molecule has 2 aliphatic rings. The van der Waals surface area contributed by atoms with Crippen molar-refractivity contribution >= 4 is 5.82 Å². The first-order valence-electron chi connectivity index (χ1n) is 6.94. The van der Waals surface area contributed by atoms with Crippen molar-refractivity contribution < 1.29 is 13.2 Å². The summed E-state index contributed by atoms with van der Waals surface area (Å²) in [5.74, 6) is 0.681. The van der Waals surface area contributed by atoms with Crippen LogP contribution in [0, 0.1) is 0 Å². The van der Waals surface area contributed by atoms with Gasteiger partial charge >= 0.3 is 6.18 Å². The number of nitrogens with zero attached hydrogens (tertiary/aromatic N) is 2. The van der Waals surface area contributed by atoms with Crippen molar-refractivity contribution in [1.29, 1.82) is 0 Å². The van der Waals surface area contributed by atoms with Crippen molar-refractivity contribution in [3.8, 4) is 0 Å². The summed E-state index contributed by atoms with van der Waals surface area (Å²) in [4.78, 5) is 6.26. The quantitative estimate of drug-likeness (QED) is 0.718. The molecule has 2 unspecified atom stereocenters. The van der Waals surface area contributed by atoms with Crippen LogP contribution in [0.3, 0.4) is 0 Å². The zero-order valence-corrected chi connectivity index (χ0v) is 11.3. The van der Waals surface area contributed by atoms with Crippen molar-refractivity contribution in [3.63, 3.8) is 0 Å². The first-order valence-corrected chi connectivity index (χ1v) is 6.94. The highest BCUT2D eigenvalue weighted by atomic mass is 19.4. The van der Waals surface area contributed by atoms with Gasteiger partial charge in [0, 0.05) is 18.3 Å². The van der Waals surface area contributed by atoms with Gasteiger partial charge in [0.05, 0.1) is 5.56 Å². The van der Waals surface area contributed by atoms with Gasteiger partial charge < -0.3 is 4.90 Å². The zero-order chi connectivity index (χ0) is 14.3. The molecule has 1 aromatic rings. The van der Waals surface area contributed by atoms with E-state index >= 15 is 0 Å². The Hall–Kier alpha value is -1.52. The Balaban J connectivity index is 1.84. The molecule has 2 nitrogen and oxygen atoms in total. The van der Waals surface area contributed by atoms with E-state index in [0.717, 1.165) is 37.9 Å². The molecule has 0 amide bonds. The van der Waals surface area contributed by atoms with Gasteiger partial charge in [0.1, 0.15) is 5.82 Å². The van der Waals surface area contributed by atoms with Gasteiger partial charge in [-0.25, -0.2) is 4.98 Å². The lowest BCUT2D eigenvalue weighted by atomic mass is 9.96. The fraction of sp³-hybridized carbons (Fsp3) is 0.533. The number of rotatable bonds is 1. The summed E-state index contributed by atoms with van der Waals surface area (Å²) in [5, 5.41) is 0. The number of piperidine rings is 1. The maximum Gasteiger partial charge on any atom is 0.417 e. The molecule has 0 spiro atoms. The number of anilines is 1. The van der Waals surface area contributed by atoms with Crippen molar-refractivity contribution in [2.75, 3.05) is 4.90 Å². The molecule has 2 aliphatic heterocycles. The number of halogens is 3. The third-order valence-corrected chi connectivity index (χ3v) is 4.36. The molecule has 0 aromatic carbocycles. The van der Waals surface area contributed by atoms with E-state index in [4.69, 9.17) is 0 Å². The highest BCUT2D eigenvalue weighted by Crippen LogP contribution is 2.41. The van der Waals surface area contributed by atoms with E-state index in [0.29, 0.717) is 17.9 Å². The SMILES string of the molecule is CC=C1CC2CCC(C1)N2c1ccc(C(F)(F)F)cn1. The standard InChI is InChI=1S/C15H17F3N2/c1-2-10-7-12-4-5-13(8-10)20(12)14-6-3-11(9-19-14)15(16,17)18/h2-3,6,9,12-13H,4-5,7-8H2,1H3. The summed E-state index contributed by atoms with van der Waals surface area (Å²) in [6.07, 6.45) is 3.02. The zero-order valence-electron chi connectivity index (χ0n) is 11.3. The minimum absolute atomic E-state index is 0.393. The van der Waals surface area contributed by atoms with Crippen LogP contribution in [0.4, 0.5) is 19.0 Å². The number of fused-ring (bicyclic) bond motifs is 2. The molecule has 20 heavy (non-hydrogen) atoms. The molecule has 1 aromatic heterocycles. The van der Waals surface area contributed by atoms with Crippen molar-refractivity contribution in [2.24, 2.45) is 0 Å². The van der Waals surface area contributed by atoms with Crippen LogP contribution >= 0.6 is 0 Å². The Kier molecular flexibility index (Phi) is 3.22. The fourth-order valence-corrected chi connectivity index (χ4v) is 3.37. The van der Waals surface area contributed by atoms with Crippen molar-refractivity contribution in [1.82, 2.24) is 4.98 Å². The van der Waals surface area contributed by atoms with Crippen LogP contribution in [-0.4, -0.2) is 17.1 Å². The number of aromatic nitrogens is 1. The lowest BCUT2D eigenvalue weighted by Gasteiger charge is -2.37. The molecule has 3 heterocycles. The Morgan fingerprint density at radius 2 is 1.85 bits per heavy atom. The van der Waals surface area contributed by atoms with Gasteiger partial charge in [-0.3, -0.25) is 0 Å². The van der Waals surface area contributed by atoms with Crippen LogP contribution in [-0.2, 0) is 6.18 Å². The topological polar surface area (TPSA) is 16.1 Å². The summed E-state index contributed by atoms with van der Waals surface area (Å²) in [7, 11) is 0. The van der Waals surface area contributed by atoms with Gasteiger partial charge in [-0.2, -0.15) is 13.2 Å². The van der Waals surface area contributed by atoms with Crippen LogP contribution in [0.1, 0.15) is 38.2 Å². The van der Waals surface area contributed by atoms with Gasteiger partial charge in [0.15, 0.2) is 0 Å². The normalized spacial score (nSPS) is 26.0. The minimum atomic E-state index is -4.31. The molecular weight excluding hydrogens is 265 g/mol. The predicted molar refractivity (Wildman–Crippen MR) is 71.5 cm³/mol. The van der Waals surface area contributed by atoms with Crippen LogP contribution in [0.5, 0.6) is 0 Å². The molecular formula is C15H17F3N2. The van der Waals surface area contributed by atoms with Crippen LogP contribution in [0.25, 0.3) is 0 Å². The van der Waals surface area contributed by atoms with E-state index in [1.165, 1.54) is 11.6 Å². The lowest BCUT2D eigenvalue weighted by molar-refractivity contribution is -0.137. The summed E-state index contributed by atoms with van der Waals surface area (Å²) >= 11 is 0. The Bertz CT molecular complexity index is 503. The average Bonchev–Trinajstić information content (AvgIpc) is 2.68. The summed E-state index contributed by atoms with van der Waals surface area (Å²) in [5.41, 5.74) is 0.778. The van der Waals surface area contributed by atoms with E-state index < -0.39 is 11.7 Å². The van der Waals surface area contributed by atoms with E-state index in [9.17, 15) is 13.2 Å². The number of hydrogen-bond acceptors (Lipinski definition) is 2. The van der Waals surface area contributed by atoms with Crippen LogP contribution < -0.4 is 4.90 Å². The Morgan fingerprint density at radius 1 is 1.20 bits per heavy atom. The Labute approximate surface area is 116 Å². The van der Waals surface area contributed by atoms with Crippen molar-refractivity contribution in [3.05, 3.63) is 35.5 Å². The van der Waals surface area contributed by atoms with E-state index in [1.54, 1.807) is 0 Å². The largest absolute Gasteiger partial charge is 0.417 e. The molecule has 0 saturated carbocycles. The van der Waals surface area contributed by atoms with Crippen LogP contribution in [0.2, 0.25) is 0 Å². The minimum Gasteiger partial charge on any atom is -0.350 e. The number of alkyl halides is 3. The van der Waals surface area contributed by atoms with Gasteiger partial charge in [0.2, 0.25) is 0 Å². The van der Waals surface area contributed by atoms with Crippen molar-refractivity contribution in [2.45, 2.75) is 50.9 Å². The second-order valence-electron chi connectivity index (χ2n) is 5.55. The molecule has 2 atom stereocenters. The highest BCUT2D eigenvalue weighted by molar-refractivity contribution is 5.46. The highest BCUT2D eigenvalue weighted by Gasteiger charge is 2.39. The number of hydrogen-bond donors (Lipinski definition) is 0. The molecule has 3 rings (SSSR count). The Morgan fingerprint density at radius 3 is 2.30 bits per heavy atom. The average molecular weight is 282 g/mol. The predicted octanol–water partition coefficient (Wildman–Crippen LogP) is 4.18. The monoisotopic (exact) mass is 282 g/mol. The smallest absolute Gasteiger partial charge is 0.350 e. The molecule has 2 bridgehead atoms. The summed E-state index contributed by atoms with van der Waals surface area (Å²) in [6.45, 7) is 2.06. The second kappa shape index (κ2) is 4.79. The summed E-state index contributed by atoms with van der Waals surface area (Å²) < 4.78 is 37.7. The maximum atomic E-state index is 12.6. The third kappa shape index (κ3) is 2.30. The number of allylic oxidation sites excluding steroid dienone is 1. The van der Waals surface area contributed by atoms with E-state index in [1.807, 2.05) is 0 Å². The molecule has 0 N–H and O–H groups in total. The molecule has 5 heteroatoms. The van der Waals surface area contributed by atoms with Gasteiger partial charge in [0.25, 0.3) is 0 Å². The van der Waals surface area contributed by atoms with Gasteiger partial charge in [-0.15, -0.1) is 0 Å². The lowest BCUT2D eigenvalue weighted by Crippen LogP contribution is -2.41. The first kappa shape index (κ1) is 13.5. The van der Waals surface area contributed by atoms with E-state index in [-0.39, 0.29) is 0 Å². The molecule has 0 aliphatic carbocycles. The fourth-order valence-electron chi connectivity index (χ4n) is 3.37. The number of pyridine rings is 1. The van der Waals surface area contributed by atoms with Gasteiger partial charge in [-0.05, 0) is 44.7 Å².